The van der Waals surface area contributed by atoms with Crippen molar-refractivity contribution in [2.75, 3.05) is 11.9 Å². The lowest BCUT2D eigenvalue weighted by molar-refractivity contribution is 0.628. The Balaban J connectivity index is 2.89. The molecule has 0 saturated heterocycles. The SMILES string of the molecule is CN(C(F)=S)c1ccc(F)cc1. The molecule has 1 nitrogen and oxygen atoms in total. The molecule has 12 heavy (non-hydrogen) atoms. The van der Waals surface area contributed by atoms with Crippen molar-refractivity contribution in [3.05, 3.63) is 30.1 Å². The van der Waals surface area contributed by atoms with Crippen LogP contribution in [0.15, 0.2) is 24.3 Å². The van der Waals surface area contributed by atoms with Gasteiger partial charge in [0, 0.05) is 12.7 Å². The number of nitrogens with zero attached hydrogens (tertiary/aromatic N) is 1. The summed E-state index contributed by atoms with van der Waals surface area (Å²) >= 11 is 4.30. The highest BCUT2D eigenvalue weighted by molar-refractivity contribution is 7.80. The Morgan fingerprint density at radius 3 is 2.25 bits per heavy atom. The highest BCUT2D eigenvalue weighted by Gasteiger charge is 2.04. The maximum atomic E-state index is 12.4. The lowest BCUT2D eigenvalue weighted by Crippen LogP contribution is -2.19. The molecule has 0 aliphatic carbocycles. The van der Waals surface area contributed by atoms with Gasteiger partial charge in [-0.1, -0.05) is 0 Å². The minimum atomic E-state index is -0.735. The molecular weight excluding hydrogens is 180 g/mol. The Kier molecular flexibility index (Phi) is 2.70. The molecule has 0 aromatic heterocycles. The summed E-state index contributed by atoms with van der Waals surface area (Å²) in [7, 11) is 1.48. The molecule has 64 valence electrons. The predicted molar refractivity (Wildman–Crippen MR) is 48.5 cm³/mol. The third kappa shape index (κ3) is 1.98. The van der Waals surface area contributed by atoms with Crippen LogP contribution >= 0.6 is 12.2 Å². The molecule has 4 heteroatoms. The molecule has 0 aliphatic heterocycles. The average Bonchev–Trinajstić information content (AvgIpc) is 2.04. The van der Waals surface area contributed by atoms with Gasteiger partial charge in [0.15, 0.2) is 0 Å². The molecule has 0 unspecified atom stereocenters. The van der Waals surface area contributed by atoms with Gasteiger partial charge in [0.2, 0.25) is 0 Å². The first-order chi connectivity index (χ1) is 5.61. The number of benzene rings is 1. The number of hydrogen-bond donors (Lipinski definition) is 0. The minimum absolute atomic E-state index is 0.350. The highest BCUT2D eigenvalue weighted by Crippen LogP contribution is 2.13. The summed E-state index contributed by atoms with van der Waals surface area (Å²) in [6, 6.07) is 5.43. The van der Waals surface area contributed by atoms with E-state index < -0.39 is 5.24 Å². The van der Waals surface area contributed by atoms with Crippen LogP contribution in [0.4, 0.5) is 14.5 Å². The highest BCUT2D eigenvalue weighted by atomic mass is 32.1. The third-order valence-corrected chi connectivity index (χ3v) is 1.75. The second-order valence-corrected chi connectivity index (χ2v) is 2.63. The number of thiocarbonyl (C=S) groups is 1. The molecule has 1 aromatic rings. The van der Waals surface area contributed by atoms with E-state index in [1.165, 1.54) is 31.3 Å². The van der Waals surface area contributed by atoms with Crippen molar-refractivity contribution in [1.82, 2.24) is 0 Å². The van der Waals surface area contributed by atoms with Gasteiger partial charge < -0.3 is 4.90 Å². The smallest absolute Gasteiger partial charge is 0.259 e. The monoisotopic (exact) mass is 187 g/mol. The molecule has 0 radical (unpaired) electrons. The van der Waals surface area contributed by atoms with E-state index in [0.717, 1.165) is 4.90 Å². The zero-order valence-electron chi connectivity index (χ0n) is 6.42. The van der Waals surface area contributed by atoms with Gasteiger partial charge in [0.05, 0.1) is 0 Å². The molecule has 0 spiro atoms. The van der Waals surface area contributed by atoms with Gasteiger partial charge in [-0.05, 0) is 36.5 Å². The van der Waals surface area contributed by atoms with Crippen molar-refractivity contribution in [3.63, 3.8) is 0 Å². The molecule has 1 rings (SSSR count). The molecule has 0 saturated carbocycles. The molecule has 0 bridgehead atoms. The van der Waals surface area contributed by atoms with E-state index in [2.05, 4.69) is 12.2 Å². The van der Waals surface area contributed by atoms with Crippen LogP contribution < -0.4 is 4.90 Å². The van der Waals surface area contributed by atoms with E-state index in [1.54, 1.807) is 0 Å². The van der Waals surface area contributed by atoms with Crippen LogP contribution in [0.25, 0.3) is 0 Å². The molecule has 0 N–H and O–H groups in total. The molecule has 1 aromatic carbocycles. The molecule has 0 aliphatic rings. The normalized spacial score (nSPS) is 9.58. The number of rotatable bonds is 1. The summed E-state index contributed by atoms with van der Waals surface area (Å²) < 4.78 is 24.9. The minimum Gasteiger partial charge on any atom is -0.312 e. The Morgan fingerprint density at radius 2 is 1.83 bits per heavy atom. The van der Waals surface area contributed by atoms with Gasteiger partial charge in [0.25, 0.3) is 5.24 Å². The quantitative estimate of drug-likeness (QED) is 0.377. The number of halogens is 2. The molecule has 0 atom stereocenters. The van der Waals surface area contributed by atoms with Crippen molar-refractivity contribution in [1.29, 1.82) is 0 Å². The third-order valence-electron chi connectivity index (χ3n) is 1.48. The summed E-state index contributed by atoms with van der Waals surface area (Å²) in [6.45, 7) is 0. The fourth-order valence-corrected chi connectivity index (χ4v) is 0.872. The van der Waals surface area contributed by atoms with Crippen molar-refractivity contribution in [2.24, 2.45) is 0 Å². The Hall–Kier alpha value is -1.03. The van der Waals surface area contributed by atoms with Crippen LogP contribution in [0.3, 0.4) is 0 Å². The Morgan fingerprint density at radius 1 is 1.33 bits per heavy atom. The topological polar surface area (TPSA) is 3.24 Å². The summed E-state index contributed by atoms with van der Waals surface area (Å²) in [5.74, 6) is -0.350. The van der Waals surface area contributed by atoms with Crippen molar-refractivity contribution < 1.29 is 8.78 Å². The maximum absolute atomic E-state index is 12.4. The van der Waals surface area contributed by atoms with Crippen LogP contribution in [0.2, 0.25) is 0 Å². The fraction of sp³-hybridized carbons (Fsp3) is 0.125. The summed E-state index contributed by atoms with van der Waals surface area (Å²) in [5.41, 5.74) is 0.531. The number of anilines is 1. The second-order valence-electron chi connectivity index (χ2n) is 2.29. The predicted octanol–water partition coefficient (Wildman–Crippen LogP) is 2.52. The average molecular weight is 187 g/mol. The molecule has 0 heterocycles. The molecule has 0 fully saturated rings. The van der Waals surface area contributed by atoms with Gasteiger partial charge in [-0.2, -0.15) is 4.39 Å². The second kappa shape index (κ2) is 3.58. The van der Waals surface area contributed by atoms with Crippen LogP contribution in [0.1, 0.15) is 0 Å². The van der Waals surface area contributed by atoms with E-state index in [9.17, 15) is 8.78 Å². The van der Waals surface area contributed by atoms with E-state index in [1.807, 2.05) is 0 Å². The van der Waals surface area contributed by atoms with Crippen LogP contribution in [-0.4, -0.2) is 12.3 Å². The van der Waals surface area contributed by atoms with E-state index >= 15 is 0 Å². The van der Waals surface area contributed by atoms with Crippen LogP contribution in [0.5, 0.6) is 0 Å². The Bertz CT molecular complexity index is 284. The van der Waals surface area contributed by atoms with E-state index in [4.69, 9.17) is 0 Å². The molecular formula is C8H7F2NS. The van der Waals surface area contributed by atoms with Crippen LogP contribution in [-0.2, 0) is 0 Å². The van der Waals surface area contributed by atoms with Gasteiger partial charge in [-0.3, -0.25) is 0 Å². The zero-order chi connectivity index (χ0) is 9.14. The van der Waals surface area contributed by atoms with Gasteiger partial charge in [0.1, 0.15) is 5.82 Å². The summed E-state index contributed by atoms with van der Waals surface area (Å²) in [6.07, 6.45) is 0. The summed E-state index contributed by atoms with van der Waals surface area (Å²) in [4.78, 5) is 1.16. The lowest BCUT2D eigenvalue weighted by atomic mass is 10.3. The largest absolute Gasteiger partial charge is 0.312 e. The first-order valence-corrected chi connectivity index (χ1v) is 3.71. The van der Waals surface area contributed by atoms with Crippen molar-refractivity contribution >= 4 is 23.1 Å². The lowest BCUT2D eigenvalue weighted by Gasteiger charge is -2.13. The maximum Gasteiger partial charge on any atom is 0.259 e. The number of hydrogen-bond acceptors (Lipinski definition) is 1. The Labute approximate surface area is 74.6 Å². The van der Waals surface area contributed by atoms with Crippen molar-refractivity contribution in [2.45, 2.75) is 0 Å². The van der Waals surface area contributed by atoms with Gasteiger partial charge in [-0.15, -0.1) is 0 Å². The fourth-order valence-electron chi connectivity index (χ4n) is 0.766. The van der Waals surface area contributed by atoms with E-state index in [0.29, 0.717) is 5.69 Å². The summed E-state index contributed by atoms with van der Waals surface area (Å²) in [5, 5.41) is -0.735. The van der Waals surface area contributed by atoms with Gasteiger partial charge in [-0.25, -0.2) is 4.39 Å². The van der Waals surface area contributed by atoms with Crippen LogP contribution in [0, 0.1) is 5.82 Å². The molecule has 0 amide bonds. The van der Waals surface area contributed by atoms with Crippen molar-refractivity contribution in [3.8, 4) is 0 Å². The standard InChI is InChI=1S/C8H7F2NS/c1-11(8(10)12)7-4-2-6(9)3-5-7/h2-5H,1H3. The van der Waals surface area contributed by atoms with E-state index in [-0.39, 0.29) is 5.82 Å². The van der Waals surface area contributed by atoms with Gasteiger partial charge >= 0.3 is 0 Å². The first kappa shape index (κ1) is 9.06. The first-order valence-electron chi connectivity index (χ1n) is 3.30. The zero-order valence-corrected chi connectivity index (χ0v) is 7.24.